The van der Waals surface area contributed by atoms with Crippen LogP contribution in [0.3, 0.4) is 0 Å². The van der Waals surface area contributed by atoms with Crippen molar-refractivity contribution in [2.24, 2.45) is 5.73 Å². The second-order valence-electron chi connectivity index (χ2n) is 6.18. The molecule has 1 fully saturated rings. The first-order valence-corrected chi connectivity index (χ1v) is 8.17. The highest BCUT2D eigenvalue weighted by Crippen LogP contribution is 2.19. The minimum atomic E-state index is -0.472. The first kappa shape index (κ1) is 18.1. The Hall–Kier alpha value is -2.28. The average molecular weight is 334 g/mol. The smallest absolute Gasteiger partial charge is 0.242 e. The molecular weight excluding hydrogens is 308 g/mol. The van der Waals surface area contributed by atoms with Gasteiger partial charge in [0.2, 0.25) is 11.8 Å². The minimum absolute atomic E-state index is 0.116. The first-order chi connectivity index (χ1) is 11.5. The molecule has 1 aliphatic rings. The highest BCUT2D eigenvalue weighted by atomic mass is 16.5. The third-order valence-corrected chi connectivity index (χ3v) is 3.99. The number of nitrogens with one attached hydrogen (secondary N) is 1. The second-order valence-corrected chi connectivity index (χ2v) is 6.18. The molecule has 7 nitrogen and oxygen atoms in total. The average Bonchev–Trinajstić information content (AvgIpc) is 3.02. The van der Waals surface area contributed by atoms with Gasteiger partial charge in [-0.05, 0) is 39.1 Å². The molecule has 0 bridgehead atoms. The van der Waals surface area contributed by atoms with E-state index in [1.165, 1.54) is 0 Å². The summed E-state index contributed by atoms with van der Waals surface area (Å²) in [5.74, 6) is 0.206. The molecule has 1 aliphatic heterocycles. The minimum Gasteiger partial charge on any atom is -0.492 e. The summed E-state index contributed by atoms with van der Waals surface area (Å²) in [5, 5.41) is 3.09. The van der Waals surface area contributed by atoms with Crippen LogP contribution in [0.4, 0.5) is 5.69 Å². The van der Waals surface area contributed by atoms with Crippen LogP contribution in [0.5, 0.6) is 5.75 Å². The van der Waals surface area contributed by atoms with Crippen LogP contribution >= 0.6 is 0 Å². The molecule has 1 saturated heterocycles. The van der Waals surface area contributed by atoms with E-state index in [0.717, 1.165) is 24.4 Å². The number of hydrogen-bond donors (Lipinski definition) is 2. The van der Waals surface area contributed by atoms with E-state index in [1.807, 2.05) is 43.3 Å². The van der Waals surface area contributed by atoms with Gasteiger partial charge in [-0.15, -0.1) is 0 Å². The van der Waals surface area contributed by atoms with Gasteiger partial charge in [0.25, 0.3) is 0 Å². The van der Waals surface area contributed by atoms with Crippen molar-refractivity contribution in [1.29, 1.82) is 0 Å². The van der Waals surface area contributed by atoms with Gasteiger partial charge < -0.3 is 25.6 Å². The standard InChI is InChI=1S/C17H26N4O3/c1-20(2)9-10-24-14-6-3-5-13(11-14)19-12-16(22)21-8-4-7-15(21)17(18)23/h3,5-6,11,15,19H,4,7-10,12H2,1-2H3,(H2,18,23). The monoisotopic (exact) mass is 334 g/mol. The molecule has 0 aromatic heterocycles. The van der Waals surface area contributed by atoms with Crippen molar-refractivity contribution in [2.75, 3.05) is 45.7 Å². The molecule has 3 N–H and O–H groups in total. The van der Waals surface area contributed by atoms with Gasteiger partial charge in [0.1, 0.15) is 18.4 Å². The van der Waals surface area contributed by atoms with Gasteiger partial charge in [-0.3, -0.25) is 9.59 Å². The lowest BCUT2D eigenvalue weighted by atomic mass is 10.2. The fourth-order valence-electron chi connectivity index (χ4n) is 2.68. The lowest BCUT2D eigenvalue weighted by Crippen LogP contribution is -2.45. The van der Waals surface area contributed by atoms with Crippen molar-refractivity contribution >= 4 is 17.5 Å². The first-order valence-electron chi connectivity index (χ1n) is 8.17. The van der Waals surface area contributed by atoms with E-state index >= 15 is 0 Å². The zero-order valence-electron chi connectivity index (χ0n) is 14.3. The molecule has 0 saturated carbocycles. The molecule has 0 aliphatic carbocycles. The molecule has 1 aromatic carbocycles. The molecule has 132 valence electrons. The number of anilines is 1. The number of carbonyl (C=O) groups excluding carboxylic acids is 2. The maximum atomic E-state index is 12.3. The van der Waals surface area contributed by atoms with Gasteiger partial charge in [-0.2, -0.15) is 0 Å². The van der Waals surface area contributed by atoms with Gasteiger partial charge >= 0.3 is 0 Å². The van der Waals surface area contributed by atoms with Crippen LogP contribution in [0.2, 0.25) is 0 Å². The molecule has 0 spiro atoms. The van der Waals surface area contributed by atoms with Crippen molar-refractivity contribution in [2.45, 2.75) is 18.9 Å². The molecular formula is C17H26N4O3. The second kappa shape index (κ2) is 8.54. The summed E-state index contributed by atoms with van der Waals surface area (Å²) in [6, 6.07) is 7.02. The van der Waals surface area contributed by atoms with E-state index in [-0.39, 0.29) is 12.5 Å². The fourth-order valence-corrected chi connectivity index (χ4v) is 2.68. The van der Waals surface area contributed by atoms with Crippen LogP contribution in [0.25, 0.3) is 0 Å². The molecule has 1 atom stereocenters. The number of primary amides is 1. The van der Waals surface area contributed by atoms with Gasteiger partial charge in [-0.1, -0.05) is 6.07 Å². The lowest BCUT2D eigenvalue weighted by molar-refractivity contribution is -0.135. The van der Waals surface area contributed by atoms with Crippen LogP contribution in [0.1, 0.15) is 12.8 Å². The van der Waals surface area contributed by atoms with E-state index in [1.54, 1.807) is 4.90 Å². The van der Waals surface area contributed by atoms with Crippen molar-refractivity contribution < 1.29 is 14.3 Å². The number of likely N-dealkylation sites (N-methyl/N-ethyl adjacent to an activating group) is 1. The third kappa shape index (κ3) is 5.13. The topological polar surface area (TPSA) is 87.9 Å². The number of hydrogen-bond acceptors (Lipinski definition) is 5. The summed E-state index contributed by atoms with van der Waals surface area (Å²) in [6.07, 6.45) is 1.46. The summed E-state index contributed by atoms with van der Waals surface area (Å²) in [4.78, 5) is 27.3. The van der Waals surface area contributed by atoms with Crippen molar-refractivity contribution in [3.63, 3.8) is 0 Å². The zero-order chi connectivity index (χ0) is 17.5. The molecule has 0 radical (unpaired) electrons. The van der Waals surface area contributed by atoms with Gasteiger partial charge in [0.05, 0.1) is 6.54 Å². The maximum absolute atomic E-state index is 12.3. The Bertz CT molecular complexity index is 577. The van der Waals surface area contributed by atoms with Crippen LogP contribution in [0.15, 0.2) is 24.3 Å². The summed E-state index contributed by atoms with van der Waals surface area (Å²) in [5.41, 5.74) is 6.15. The number of ether oxygens (including phenoxy) is 1. The number of likely N-dealkylation sites (tertiary alicyclic amines) is 1. The molecule has 7 heteroatoms. The number of amides is 2. The van der Waals surface area contributed by atoms with Gasteiger partial charge in [0, 0.05) is 24.8 Å². The van der Waals surface area contributed by atoms with E-state index in [4.69, 9.17) is 10.5 Å². The number of nitrogens with zero attached hydrogens (tertiary/aromatic N) is 2. The molecule has 24 heavy (non-hydrogen) atoms. The van der Waals surface area contributed by atoms with E-state index in [9.17, 15) is 9.59 Å². The van der Waals surface area contributed by atoms with E-state index < -0.39 is 11.9 Å². The Labute approximate surface area is 142 Å². The SMILES string of the molecule is CN(C)CCOc1cccc(NCC(=O)N2CCCC2C(N)=O)c1. The summed E-state index contributed by atoms with van der Waals surface area (Å²) < 4.78 is 5.67. The Morgan fingerprint density at radius 1 is 1.42 bits per heavy atom. The van der Waals surface area contributed by atoms with Crippen molar-refractivity contribution in [1.82, 2.24) is 9.80 Å². The molecule has 2 amide bonds. The van der Waals surface area contributed by atoms with Crippen LogP contribution < -0.4 is 15.8 Å². The van der Waals surface area contributed by atoms with E-state index in [2.05, 4.69) is 5.32 Å². The molecule has 1 heterocycles. The quantitative estimate of drug-likeness (QED) is 0.723. The zero-order valence-corrected chi connectivity index (χ0v) is 14.3. The Morgan fingerprint density at radius 2 is 2.21 bits per heavy atom. The summed E-state index contributed by atoms with van der Waals surface area (Å²) >= 11 is 0. The molecule has 1 aromatic rings. The van der Waals surface area contributed by atoms with Gasteiger partial charge in [0.15, 0.2) is 0 Å². The number of nitrogens with two attached hydrogens (primary N) is 1. The summed E-state index contributed by atoms with van der Waals surface area (Å²) in [7, 11) is 3.98. The Morgan fingerprint density at radius 3 is 2.92 bits per heavy atom. The highest BCUT2D eigenvalue weighted by molar-refractivity contribution is 5.89. The predicted octanol–water partition coefficient (Wildman–Crippen LogP) is 0.515. The van der Waals surface area contributed by atoms with Crippen LogP contribution in [-0.2, 0) is 9.59 Å². The van der Waals surface area contributed by atoms with Gasteiger partial charge in [-0.25, -0.2) is 0 Å². The number of carbonyl (C=O) groups is 2. The lowest BCUT2D eigenvalue weighted by Gasteiger charge is -2.22. The van der Waals surface area contributed by atoms with Crippen LogP contribution in [-0.4, -0.2) is 68.0 Å². The number of rotatable bonds is 8. The number of benzene rings is 1. The molecule has 1 unspecified atom stereocenters. The highest BCUT2D eigenvalue weighted by Gasteiger charge is 2.32. The Kier molecular flexibility index (Phi) is 6.43. The van der Waals surface area contributed by atoms with Crippen molar-refractivity contribution in [3.05, 3.63) is 24.3 Å². The predicted molar refractivity (Wildman–Crippen MR) is 92.9 cm³/mol. The third-order valence-electron chi connectivity index (χ3n) is 3.99. The van der Waals surface area contributed by atoms with Crippen molar-refractivity contribution in [3.8, 4) is 5.75 Å². The van der Waals surface area contributed by atoms with E-state index in [0.29, 0.717) is 19.6 Å². The normalized spacial score (nSPS) is 17.1. The molecule has 2 rings (SSSR count). The summed E-state index contributed by atoms with van der Waals surface area (Å²) in [6.45, 7) is 2.15. The largest absolute Gasteiger partial charge is 0.492 e. The Balaban J connectivity index is 1.85. The maximum Gasteiger partial charge on any atom is 0.242 e. The van der Waals surface area contributed by atoms with Crippen LogP contribution in [0, 0.1) is 0 Å². The fraction of sp³-hybridized carbons (Fsp3) is 0.529.